The highest BCUT2D eigenvalue weighted by atomic mass is 16.8. The molecule has 0 bridgehead atoms. The number of methoxy groups -OCH3 is 1. The van der Waals surface area contributed by atoms with E-state index in [9.17, 15) is 71.2 Å². The Hall–Kier alpha value is -1.55. The second-order valence-electron chi connectivity index (χ2n) is 23.5. The van der Waals surface area contributed by atoms with Crippen LogP contribution in [0.15, 0.2) is 11.6 Å². The lowest BCUT2D eigenvalue weighted by Crippen LogP contribution is -2.76. The smallest absolute Gasteiger partial charge is 0.337 e. The van der Waals surface area contributed by atoms with Crippen molar-refractivity contribution >= 4 is 5.97 Å². The van der Waals surface area contributed by atoms with Crippen LogP contribution in [0.2, 0.25) is 0 Å². The molecule has 0 radical (unpaired) electrons. The number of ether oxygens (including phenoxy) is 7. The largest absolute Gasteiger partial charge is 0.467 e. The van der Waals surface area contributed by atoms with Gasteiger partial charge in [-0.2, -0.15) is 0 Å². The first kappa shape index (κ1) is 53.7. The molecular formula is C48H78O21. The van der Waals surface area contributed by atoms with Crippen molar-refractivity contribution in [1.82, 2.24) is 0 Å². The van der Waals surface area contributed by atoms with Gasteiger partial charge in [-0.25, -0.2) is 4.79 Å². The van der Waals surface area contributed by atoms with Crippen LogP contribution in [0, 0.1) is 50.2 Å². The summed E-state index contributed by atoms with van der Waals surface area (Å²) >= 11 is 0. The van der Waals surface area contributed by atoms with E-state index in [-0.39, 0.29) is 11.8 Å². The molecule has 0 aromatic carbocycles. The SMILES string of the molecule is COC(=O)[C@H]1O[C@@H](O[C@H]2CC[C@]3(C)[C@H]4CC=C5[C@@H]6CC(C)(C)[C@@H](O)[C@H](O)[C@]6(CO)[C@H](O)[C@H](O)[C@@]5(C)[C@]4(C)CC[C@H]3C2(C)C)[C@H](O[C@@H]2O[C@H](CO)[C@@H](O)[C@H](O)[C@H]2O)[C@@H](O)[C@@H]1O[C@@H]1O[C@@H](CO)[C@H](O)[C@H]1O. The Bertz CT molecular complexity index is 1900. The van der Waals surface area contributed by atoms with E-state index >= 15 is 0 Å². The van der Waals surface area contributed by atoms with Gasteiger partial charge in [0.2, 0.25) is 0 Å². The van der Waals surface area contributed by atoms with Gasteiger partial charge in [-0.1, -0.05) is 60.1 Å². The molecule has 0 aromatic heterocycles. The van der Waals surface area contributed by atoms with Crippen LogP contribution in [0.5, 0.6) is 0 Å². The van der Waals surface area contributed by atoms with Gasteiger partial charge in [-0.3, -0.25) is 0 Å². The Morgan fingerprint density at radius 2 is 1.20 bits per heavy atom. The Kier molecular flexibility index (Phi) is 14.5. The molecule has 396 valence electrons. The number of carbonyl (C=O) groups is 1. The third kappa shape index (κ3) is 7.77. The Balaban J connectivity index is 1.11. The van der Waals surface area contributed by atoms with Crippen molar-refractivity contribution in [2.45, 2.75) is 204 Å². The van der Waals surface area contributed by atoms with E-state index in [4.69, 9.17) is 33.2 Å². The summed E-state index contributed by atoms with van der Waals surface area (Å²) in [5, 5.41) is 144. The van der Waals surface area contributed by atoms with Gasteiger partial charge in [-0.05, 0) is 77.9 Å². The molecular weight excluding hydrogens is 913 g/mol. The zero-order chi connectivity index (χ0) is 50.9. The molecule has 0 spiro atoms. The van der Waals surface area contributed by atoms with Gasteiger partial charge in [0.05, 0.1) is 62.9 Å². The Morgan fingerprint density at radius 3 is 1.78 bits per heavy atom. The first-order chi connectivity index (χ1) is 32.2. The van der Waals surface area contributed by atoms with Crippen LogP contribution in [0.3, 0.4) is 0 Å². The summed E-state index contributed by atoms with van der Waals surface area (Å²) in [6.45, 7) is 12.1. The van der Waals surface area contributed by atoms with Gasteiger partial charge >= 0.3 is 5.97 Å². The fraction of sp³-hybridized carbons (Fsp3) is 0.938. The van der Waals surface area contributed by atoms with Crippen LogP contribution in [-0.2, 0) is 38.0 Å². The molecule has 21 heteroatoms. The molecule has 0 amide bonds. The van der Waals surface area contributed by atoms with Gasteiger partial charge in [-0.15, -0.1) is 0 Å². The Labute approximate surface area is 401 Å². The van der Waals surface area contributed by atoms with Crippen molar-refractivity contribution in [3.8, 4) is 0 Å². The minimum Gasteiger partial charge on any atom is -0.467 e. The van der Waals surface area contributed by atoms with E-state index in [0.29, 0.717) is 38.5 Å². The fourth-order valence-corrected chi connectivity index (χ4v) is 15.3. The van der Waals surface area contributed by atoms with Crippen LogP contribution >= 0.6 is 0 Å². The summed E-state index contributed by atoms with van der Waals surface area (Å²) in [4.78, 5) is 13.5. The van der Waals surface area contributed by atoms with Gasteiger partial charge in [0.15, 0.2) is 25.0 Å². The molecule has 21 nitrogen and oxygen atoms in total. The first-order valence-corrected chi connectivity index (χ1v) is 24.5. The van der Waals surface area contributed by atoms with Crippen LogP contribution in [-0.4, -0.2) is 216 Å². The number of hydrogen-bond acceptors (Lipinski definition) is 21. The minimum atomic E-state index is -1.96. The van der Waals surface area contributed by atoms with Crippen molar-refractivity contribution in [3.05, 3.63) is 11.6 Å². The zero-order valence-corrected chi connectivity index (χ0v) is 40.7. The zero-order valence-electron chi connectivity index (χ0n) is 40.7. The predicted molar refractivity (Wildman–Crippen MR) is 235 cm³/mol. The lowest BCUT2D eigenvalue weighted by molar-refractivity contribution is -0.383. The number of carbonyl (C=O) groups excluding carboxylic acids is 1. The van der Waals surface area contributed by atoms with E-state index in [1.165, 1.54) is 0 Å². The third-order valence-corrected chi connectivity index (χ3v) is 19.6. The molecule has 69 heavy (non-hydrogen) atoms. The summed E-state index contributed by atoms with van der Waals surface area (Å²) in [6.07, 6.45) is -25.1. The summed E-state index contributed by atoms with van der Waals surface area (Å²) in [5.74, 6) is -1.70. The van der Waals surface area contributed by atoms with Crippen molar-refractivity contribution in [2.75, 3.05) is 26.9 Å². The van der Waals surface area contributed by atoms with E-state index in [1.807, 2.05) is 20.8 Å². The normalized spacial score (nSPS) is 54.6. The summed E-state index contributed by atoms with van der Waals surface area (Å²) < 4.78 is 41.5. The lowest BCUT2D eigenvalue weighted by atomic mass is 9.32. The summed E-state index contributed by atoms with van der Waals surface area (Å²) in [5.41, 5.74) is -4.18. The maximum absolute atomic E-state index is 13.5. The molecule has 8 aliphatic rings. The Morgan fingerprint density at radius 1 is 0.638 bits per heavy atom. The van der Waals surface area contributed by atoms with E-state index < -0.39 is 181 Å². The van der Waals surface area contributed by atoms with Crippen LogP contribution < -0.4 is 0 Å². The van der Waals surface area contributed by atoms with Gasteiger partial charge in [0.1, 0.15) is 61.0 Å². The molecule has 13 N–H and O–H groups in total. The van der Waals surface area contributed by atoms with Crippen molar-refractivity contribution in [1.29, 1.82) is 0 Å². The summed E-state index contributed by atoms with van der Waals surface area (Å²) in [6, 6.07) is 0. The number of rotatable bonds is 10. The maximum atomic E-state index is 13.5. The topological polar surface area (TPSA) is 345 Å². The number of esters is 1. The second kappa shape index (κ2) is 18.7. The number of aliphatic hydroxyl groups is 13. The standard InChI is InChI=1S/C48H78O21/c1-43(2)15-20-19-9-10-24-45(5)13-12-25(44(3,4)23(45)11-14-46(24,6)47(19,7)36(59)38(61)48(20,18-51)37(60)35(43)58)66-42-33(68-41-30(56)28(54)26(52)21(16-49)64-41)31(57)32(34(69-42)39(62)63-8)67-40-29(55)27(53)22(17-50)65-40/h9,20-38,40-42,49-61H,10-18H2,1-8H3/t20-,21+,22-,23-,24+,25-,26+,27-,28-,29+,30+,31-,32-,33+,34-,35-,36-,37-,38+,40-,41-,42+,45-,46+,47-,48+/m0/s1. The van der Waals surface area contributed by atoms with Gasteiger partial charge in [0.25, 0.3) is 0 Å². The van der Waals surface area contributed by atoms with Crippen LogP contribution in [0.25, 0.3) is 0 Å². The van der Waals surface area contributed by atoms with Crippen molar-refractivity contribution in [3.63, 3.8) is 0 Å². The molecule has 3 aliphatic heterocycles. The van der Waals surface area contributed by atoms with Crippen molar-refractivity contribution < 1.29 is 104 Å². The van der Waals surface area contributed by atoms with Crippen molar-refractivity contribution in [2.24, 2.45) is 50.2 Å². The predicted octanol–water partition coefficient (Wildman–Crippen LogP) is -2.68. The van der Waals surface area contributed by atoms with Crippen LogP contribution in [0.4, 0.5) is 0 Å². The maximum Gasteiger partial charge on any atom is 0.337 e. The minimum absolute atomic E-state index is 0.0537. The molecule has 0 aromatic rings. The number of fused-ring (bicyclic) bond motifs is 7. The van der Waals surface area contributed by atoms with E-state index in [2.05, 4.69) is 33.8 Å². The second-order valence-corrected chi connectivity index (χ2v) is 23.5. The van der Waals surface area contributed by atoms with Crippen LogP contribution in [0.1, 0.15) is 87.0 Å². The number of allylic oxidation sites excluding steroid dienone is 1. The molecule has 8 rings (SSSR count). The number of hydrogen-bond donors (Lipinski definition) is 13. The fourth-order valence-electron chi connectivity index (χ4n) is 15.3. The first-order valence-electron chi connectivity index (χ1n) is 24.5. The highest BCUT2D eigenvalue weighted by Crippen LogP contribution is 2.76. The molecule has 26 atom stereocenters. The molecule has 3 saturated heterocycles. The molecule has 4 saturated carbocycles. The number of aliphatic hydroxyl groups excluding tert-OH is 13. The average Bonchev–Trinajstić information content (AvgIpc) is 3.58. The summed E-state index contributed by atoms with van der Waals surface area (Å²) in [7, 11) is 1.07. The van der Waals surface area contributed by atoms with E-state index in [1.54, 1.807) is 0 Å². The molecule has 3 heterocycles. The monoisotopic (exact) mass is 991 g/mol. The highest BCUT2D eigenvalue weighted by Gasteiger charge is 2.75. The van der Waals surface area contributed by atoms with Gasteiger partial charge < -0.3 is 99.5 Å². The molecule has 5 aliphatic carbocycles. The highest BCUT2D eigenvalue weighted by molar-refractivity contribution is 5.75. The quantitative estimate of drug-likeness (QED) is 0.0602. The van der Waals surface area contributed by atoms with E-state index in [0.717, 1.165) is 12.7 Å². The lowest BCUT2D eigenvalue weighted by Gasteiger charge is -2.73. The van der Waals surface area contributed by atoms with Gasteiger partial charge in [0, 0.05) is 5.41 Å². The average molecular weight is 991 g/mol. The third-order valence-electron chi connectivity index (χ3n) is 19.6. The molecule has 7 fully saturated rings. The molecule has 0 unspecified atom stereocenters.